The number of aromatic nitrogens is 5. The first-order chi connectivity index (χ1) is 14.6. The average molecular weight is 507 g/mol. The molecule has 3 heterocycles. The van der Waals surface area contributed by atoms with Crippen LogP contribution in [0.15, 0.2) is 34.5 Å². The molecule has 0 radical (unpaired) electrons. The van der Waals surface area contributed by atoms with Gasteiger partial charge in [-0.3, -0.25) is 4.21 Å². The lowest BCUT2D eigenvalue weighted by molar-refractivity contribution is -0.298. The molecule has 1 atom stereocenters. The molecule has 0 aliphatic carbocycles. The highest BCUT2D eigenvalue weighted by Gasteiger charge is 2.33. The fourth-order valence-electron chi connectivity index (χ4n) is 3.00. The first-order valence-electron chi connectivity index (χ1n) is 8.50. The topological polar surface area (TPSA) is 104 Å². The van der Waals surface area contributed by atoms with Crippen molar-refractivity contribution >= 4 is 57.8 Å². The molecule has 4 rings (SSSR count). The third-order valence-corrected chi connectivity index (χ3v) is 6.85. The van der Waals surface area contributed by atoms with E-state index in [1.807, 2.05) is 17.5 Å². The van der Waals surface area contributed by atoms with Gasteiger partial charge in [-0.2, -0.15) is 29.6 Å². The summed E-state index contributed by atoms with van der Waals surface area (Å²) in [4.78, 5) is 3.27. The van der Waals surface area contributed by atoms with E-state index in [1.54, 1.807) is 0 Å². The maximum atomic E-state index is 13.1. The van der Waals surface area contributed by atoms with Crippen molar-refractivity contribution in [2.45, 2.75) is 11.1 Å². The van der Waals surface area contributed by atoms with E-state index in [-0.39, 0.29) is 44.6 Å². The molecule has 7 nitrogen and oxygen atoms in total. The van der Waals surface area contributed by atoms with Crippen LogP contribution in [0, 0.1) is 0 Å². The first kappa shape index (κ1) is 22.0. The lowest BCUT2D eigenvalue weighted by Crippen LogP contribution is -2.20. The Kier molecular flexibility index (Phi) is 5.71. The summed E-state index contributed by atoms with van der Waals surface area (Å²) >= 11 is 13.7. The van der Waals surface area contributed by atoms with Crippen LogP contribution in [-0.4, -0.2) is 37.0 Å². The summed E-state index contributed by atoms with van der Waals surface area (Å²) in [6.07, 6.45) is -3.23. The van der Waals surface area contributed by atoms with Crippen molar-refractivity contribution in [1.82, 2.24) is 19.9 Å². The number of nitrogen functional groups attached to an aromatic ring is 1. The molecule has 0 spiro atoms. The van der Waals surface area contributed by atoms with E-state index in [0.29, 0.717) is 0 Å². The van der Waals surface area contributed by atoms with Gasteiger partial charge in [0.1, 0.15) is 16.4 Å². The van der Waals surface area contributed by atoms with Gasteiger partial charge < -0.3 is 15.6 Å². The van der Waals surface area contributed by atoms with Crippen molar-refractivity contribution in [2.75, 3.05) is 12.0 Å². The van der Waals surface area contributed by atoms with Crippen molar-refractivity contribution in [2.24, 2.45) is 0 Å². The molecule has 1 unspecified atom stereocenters. The number of hydrogen-bond donors (Lipinski definition) is 2. The van der Waals surface area contributed by atoms with E-state index in [2.05, 4.69) is 20.1 Å². The highest BCUT2D eigenvalue weighted by molar-refractivity contribution is 7.84. The molecule has 31 heavy (non-hydrogen) atoms. The van der Waals surface area contributed by atoms with Crippen LogP contribution in [0.5, 0.6) is 0 Å². The van der Waals surface area contributed by atoms with Crippen LogP contribution < -0.4 is 10.6 Å². The van der Waals surface area contributed by atoms with Crippen molar-refractivity contribution < 1.29 is 22.3 Å². The summed E-state index contributed by atoms with van der Waals surface area (Å²) in [5.41, 5.74) is 5.25. The molecular formula is C16H12BCl2F3N6OS2. The standard InChI is InChI=1S/C16H12BCl2F3N6OS2/c1-31(29)13-11(15-24-17(27-25-15)10-3-2-4-30-10)26-28(14(13)23)12-8(18)5-7(6-9(12)19)16(20,21)22/h2-6,24,27H,23H2,1H3. The number of thiophene rings is 1. The molecule has 162 valence electrons. The summed E-state index contributed by atoms with van der Waals surface area (Å²) in [5.74, 6) is 0.191. The summed E-state index contributed by atoms with van der Waals surface area (Å²) in [5, 5.41) is 12.7. The van der Waals surface area contributed by atoms with Gasteiger partial charge in [-0.25, -0.2) is 4.68 Å². The monoisotopic (exact) mass is 506 g/mol. The maximum absolute atomic E-state index is 13.1. The molecule has 4 N–H and O–H groups in total. The molecule has 3 aromatic heterocycles. The Bertz CT molecular complexity index is 1280. The Hall–Kier alpha value is -2.22. The zero-order valence-electron chi connectivity index (χ0n) is 15.5. The second kappa shape index (κ2) is 8.04. The number of halogens is 5. The molecule has 0 fully saturated rings. The van der Waals surface area contributed by atoms with Crippen molar-refractivity contribution in [3.05, 3.63) is 45.3 Å². The zero-order chi connectivity index (χ0) is 22.5. The van der Waals surface area contributed by atoms with Crippen molar-refractivity contribution in [1.29, 1.82) is 0 Å². The second-order valence-corrected chi connectivity index (χ2v) is 9.51. The zero-order valence-corrected chi connectivity index (χ0v) is 18.6. The quantitative estimate of drug-likeness (QED) is 0.439. The van der Waals surface area contributed by atoms with Gasteiger partial charge in [-0.05, 0) is 22.6 Å². The molecule has 1 aromatic carbocycles. The highest BCUT2D eigenvalue weighted by atomic mass is 35.5. The third kappa shape index (κ3) is 4.02. The van der Waals surface area contributed by atoms with Crippen LogP contribution in [0.4, 0.5) is 19.0 Å². The summed E-state index contributed by atoms with van der Waals surface area (Å²) in [6, 6.07) is 5.24. The first-order valence-corrected chi connectivity index (χ1v) is 11.7. The van der Waals surface area contributed by atoms with Crippen LogP contribution >= 0.6 is 34.5 Å². The fourth-order valence-corrected chi connectivity index (χ4v) is 5.16. The molecule has 0 aliphatic rings. The van der Waals surface area contributed by atoms with E-state index < -0.39 is 22.5 Å². The summed E-state index contributed by atoms with van der Waals surface area (Å²) in [6.45, 7) is -0.322. The predicted molar refractivity (Wildman–Crippen MR) is 115 cm³/mol. The van der Waals surface area contributed by atoms with Gasteiger partial charge in [0.15, 0.2) is 5.69 Å². The van der Waals surface area contributed by atoms with E-state index in [4.69, 9.17) is 28.9 Å². The summed E-state index contributed by atoms with van der Waals surface area (Å²) in [7, 11) is -1.60. The number of nitrogens with zero attached hydrogens (tertiary/aromatic N) is 3. The Morgan fingerprint density at radius 3 is 2.55 bits per heavy atom. The van der Waals surface area contributed by atoms with Gasteiger partial charge in [0.25, 0.3) is 12.5 Å². The maximum Gasteiger partial charge on any atom is 0.416 e. The predicted octanol–water partition coefficient (Wildman–Crippen LogP) is 3.80. The largest absolute Gasteiger partial charge is 0.461 e. The third-order valence-electron chi connectivity index (χ3n) is 4.36. The molecule has 0 saturated carbocycles. The molecule has 0 aliphatic heterocycles. The van der Waals surface area contributed by atoms with Crippen LogP contribution in [0.25, 0.3) is 22.0 Å². The van der Waals surface area contributed by atoms with E-state index >= 15 is 0 Å². The molecule has 0 saturated heterocycles. The van der Waals surface area contributed by atoms with Crippen LogP contribution in [0.3, 0.4) is 0 Å². The number of aromatic amines is 2. The Labute approximate surface area is 189 Å². The number of rotatable bonds is 4. The minimum Gasteiger partial charge on any atom is -0.461 e. The lowest BCUT2D eigenvalue weighted by atomic mass is 9.89. The fraction of sp³-hybridized carbons (Fsp3) is 0.125. The minimum atomic E-state index is -4.63. The lowest BCUT2D eigenvalue weighted by Gasteiger charge is -2.13. The molecule has 0 bridgehead atoms. The number of nitrogens with one attached hydrogen (secondary N) is 2. The van der Waals surface area contributed by atoms with Crippen LogP contribution in [-0.2, 0) is 17.0 Å². The Morgan fingerprint density at radius 1 is 1.32 bits per heavy atom. The number of benzene rings is 1. The number of H-pyrrole nitrogens is 2. The molecule has 15 heteroatoms. The van der Waals surface area contributed by atoms with E-state index in [0.717, 1.165) is 21.6 Å². The van der Waals surface area contributed by atoms with Crippen LogP contribution in [0.1, 0.15) is 5.56 Å². The highest BCUT2D eigenvalue weighted by Crippen LogP contribution is 2.39. The van der Waals surface area contributed by atoms with Gasteiger partial charge >= 0.3 is 6.18 Å². The van der Waals surface area contributed by atoms with Gasteiger partial charge in [-0.1, -0.05) is 40.1 Å². The Morgan fingerprint density at radius 2 is 2.00 bits per heavy atom. The number of alkyl halides is 3. The normalized spacial score (nSPS) is 13.0. The second-order valence-electron chi connectivity index (χ2n) is 6.40. The van der Waals surface area contributed by atoms with Crippen molar-refractivity contribution in [3.8, 4) is 22.0 Å². The number of nitrogens with two attached hydrogens (primary N) is 1. The van der Waals surface area contributed by atoms with E-state index in [1.165, 1.54) is 17.6 Å². The Balaban J connectivity index is 1.88. The number of anilines is 1. The van der Waals surface area contributed by atoms with Gasteiger partial charge in [0.2, 0.25) is 0 Å². The summed E-state index contributed by atoms with van der Waals surface area (Å²) < 4.78 is 53.6. The smallest absolute Gasteiger partial charge is 0.416 e. The average Bonchev–Trinajstić information content (AvgIpc) is 3.40. The van der Waals surface area contributed by atoms with Gasteiger partial charge in [0.05, 0.1) is 26.4 Å². The molecular weight excluding hydrogens is 495 g/mol. The molecule has 0 amide bonds. The SMILES string of the molecule is CS(=O)c1c(-c2n[nH][b-](-c3cccs3)[nH+]2)nn(-c2c(Cl)cc(C(F)(F)F)cc2Cl)c1N. The molecule has 4 aromatic rings. The minimum absolute atomic E-state index is 0.0619. The van der Waals surface area contributed by atoms with Crippen LogP contribution in [0.2, 0.25) is 10.0 Å². The van der Waals surface area contributed by atoms with Gasteiger partial charge in [0, 0.05) is 6.26 Å². The van der Waals surface area contributed by atoms with Crippen molar-refractivity contribution in [3.63, 3.8) is 0 Å². The van der Waals surface area contributed by atoms with Gasteiger partial charge in [-0.15, -0.1) is 0 Å². The number of hydrogen-bond acceptors (Lipinski definition) is 5. The van der Waals surface area contributed by atoms with E-state index in [9.17, 15) is 17.4 Å².